The van der Waals surface area contributed by atoms with Crippen LogP contribution in [0.5, 0.6) is 0 Å². The van der Waals surface area contributed by atoms with Crippen molar-refractivity contribution in [1.29, 1.82) is 0 Å². The first-order valence-corrected chi connectivity index (χ1v) is 12.1. The molecule has 3 heterocycles. The van der Waals surface area contributed by atoms with Crippen LogP contribution in [0, 0.1) is 11.8 Å². The van der Waals surface area contributed by atoms with Gasteiger partial charge in [0.2, 0.25) is 17.8 Å². The zero-order chi connectivity index (χ0) is 25.6. The lowest BCUT2D eigenvalue weighted by molar-refractivity contribution is -0.179. The Hall–Kier alpha value is -2.09. The molecule has 0 aliphatic carbocycles. The highest BCUT2D eigenvalue weighted by Crippen LogP contribution is 2.37. The van der Waals surface area contributed by atoms with Crippen molar-refractivity contribution < 1.29 is 26.3 Å². The number of halogens is 6. The van der Waals surface area contributed by atoms with E-state index in [0.717, 1.165) is 0 Å². The van der Waals surface area contributed by atoms with Crippen molar-refractivity contribution in [3.05, 3.63) is 0 Å². The lowest BCUT2D eigenvalue weighted by Crippen LogP contribution is -2.42. The van der Waals surface area contributed by atoms with Crippen LogP contribution < -0.4 is 26.2 Å². The quantitative estimate of drug-likeness (QED) is 0.488. The van der Waals surface area contributed by atoms with Crippen LogP contribution in [0.4, 0.5) is 44.2 Å². The number of anilines is 3. The molecule has 8 nitrogen and oxygen atoms in total. The first kappa shape index (κ1) is 27.5. The van der Waals surface area contributed by atoms with Crippen LogP contribution in [0.1, 0.15) is 38.5 Å². The summed E-state index contributed by atoms with van der Waals surface area (Å²) in [7, 11) is 0. The molecule has 0 bridgehead atoms. The highest BCUT2D eigenvalue weighted by atomic mass is 19.4. The maximum Gasteiger partial charge on any atom is 0.391 e. The molecule has 3 rings (SSSR count). The summed E-state index contributed by atoms with van der Waals surface area (Å²) in [6.45, 7) is 2.52. The minimum absolute atomic E-state index is 0.0686. The summed E-state index contributed by atoms with van der Waals surface area (Å²) in [5, 5.41) is 0. The minimum atomic E-state index is -4.24. The van der Waals surface area contributed by atoms with Gasteiger partial charge in [0.15, 0.2) is 0 Å². The van der Waals surface area contributed by atoms with Gasteiger partial charge < -0.3 is 26.2 Å². The second kappa shape index (κ2) is 11.8. The summed E-state index contributed by atoms with van der Waals surface area (Å²) in [5.41, 5.74) is 11.3. The smallest absolute Gasteiger partial charge is 0.341 e. The molecule has 0 atom stereocenters. The monoisotopic (exact) mass is 512 g/mol. The number of hydrogen-bond acceptors (Lipinski definition) is 8. The van der Waals surface area contributed by atoms with Crippen molar-refractivity contribution in [3.8, 4) is 0 Å². The highest BCUT2D eigenvalue weighted by molar-refractivity contribution is 5.47. The molecule has 2 saturated heterocycles. The summed E-state index contributed by atoms with van der Waals surface area (Å²) >= 11 is 0. The molecular weight excluding hydrogens is 478 g/mol. The molecule has 14 heteroatoms. The van der Waals surface area contributed by atoms with Crippen molar-refractivity contribution in [2.75, 3.05) is 67.1 Å². The van der Waals surface area contributed by atoms with Crippen LogP contribution in [-0.2, 0) is 0 Å². The Morgan fingerprint density at radius 2 is 1.06 bits per heavy atom. The molecule has 35 heavy (non-hydrogen) atoms. The van der Waals surface area contributed by atoms with Gasteiger partial charge >= 0.3 is 12.4 Å². The molecule has 0 saturated carbocycles. The second-order valence-corrected chi connectivity index (χ2v) is 9.11. The van der Waals surface area contributed by atoms with E-state index in [9.17, 15) is 26.3 Å². The Bertz CT molecular complexity index is 729. The predicted molar refractivity (Wildman–Crippen MR) is 121 cm³/mol. The topological polar surface area (TPSA) is 100 Å². The zero-order valence-corrected chi connectivity index (χ0v) is 19.7. The van der Waals surface area contributed by atoms with E-state index in [2.05, 4.69) is 15.0 Å². The van der Waals surface area contributed by atoms with Crippen LogP contribution >= 0.6 is 0 Å². The van der Waals surface area contributed by atoms with Gasteiger partial charge in [0.1, 0.15) is 0 Å². The fourth-order valence-electron chi connectivity index (χ4n) is 4.46. The lowest BCUT2D eigenvalue weighted by atomic mass is 9.96. The Morgan fingerprint density at radius 3 is 1.37 bits per heavy atom. The highest BCUT2D eigenvalue weighted by Gasteiger charge is 2.43. The van der Waals surface area contributed by atoms with Gasteiger partial charge in [-0.15, -0.1) is 0 Å². The van der Waals surface area contributed by atoms with Crippen molar-refractivity contribution in [2.45, 2.75) is 50.9 Å². The van der Waals surface area contributed by atoms with Crippen molar-refractivity contribution in [2.24, 2.45) is 23.3 Å². The Morgan fingerprint density at radius 1 is 0.686 bits per heavy atom. The number of alkyl halides is 6. The number of hydrogen-bond donors (Lipinski definition) is 2. The number of nitrogens with two attached hydrogens (primary N) is 2. The standard InChI is InChI=1S/C21H34F6N8/c22-20(23,24)15-3-11-34(12-4-15)18-30-17(33(9-1-7-28)10-2-8-29)31-19(32-18)35-13-5-16(6-14-35)21(25,26)27/h15-16H,1-14,28-29H2. The van der Waals surface area contributed by atoms with Crippen molar-refractivity contribution in [3.63, 3.8) is 0 Å². The Balaban J connectivity index is 1.86. The normalized spacial score (nSPS) is 18.9. The fraction of sp³-hybridized carbons (Fsp3) is 0.857. The van der Waals surface area contributed by atoms with Gasteiger partial charge in [-0.05, 0) is 51.6 Å². The molecule has 0 unspecified atom stereocenters. The average Bonchev–Trinajstić information content (AvgIpc) is 2.83. The average molecular weight is 513 g/mol. The van der Waals surface area contributed by atoms with E-state index < -0.39 is 24.2 Å². The maximum absolute atomic E-state index is 13.1. The molecule has 200 valence electrons. The van der Waals surface area contributed by atoms with Crippen molar-refractivity contribution >= 4 is 17.8 Å². The van der Waals surface area contributed by atoms with Crippen LogP contribution in [0.15, 0.2) is 0 Å². The lowest BCUT2D eigenvalue weighted by Gasteiger charge is -2.35. The van der Waals surface area contributed by atoms with Gasteiger partial charge in [-0.1, -0.05) is 0 Å². The molecule has 0 radical (unpaired) electrons. The van der Waals surface area contributed by atoms with Crippen molar-refractivity contribution in [1.82, 2.24) is 15.0 Å². The van der Waals surface area contributed by atoms with Gasteiger partial charge in [-0.25, -0.2) is 0 Å². The maximum atomic E-state index is 13.1. The molecule has 0 amide bonds. The third-order valence-electron chi connectivity index (χ3n) is 6.63. The molecule has 0 spiro atoms. The van der Waals surface area contributed by atoms with E-state index in [1.165, 1.54) is 0 Å². The molecule has 2 aliphatic rings. The van der Waals surface area contributed by atoms with E-state index >= 15 is 0 Å². The first-order valence-electron chi connectivity index (χ1n) is 12.1. The largest absolute Gasteiger partial charge is 0.391 e. The predicted octanol–water partition coefficient (Wildman–Crippen LogP) is 2.93. The molecule has 2 aliphatic heterocycles. The van der Waals surface area contributed by atoms with E-state index in [0.29, 0.717) is 45.0 Å². The summed E-state index contributed by atoms with van der Waals surface area (Å²) in [5.74, 6) is -1.91. The molecular formula is C21H34F6N8. The van der Waals surface area contributed by atoms with Crippen LogP contribution in [0.2, 0.25) is 0 Å². The molecule has 0 aromatic carbocycles. The van der Waals surface area contributed by atoms with Crippen LogP contribution in [-0.4, -0.2) is 79.7 Å². The van der Waals surface area contributed by atoms with Gasteiger partial charge in [0.05, 0.1) is 11.8 Å². The summed E-state index contributed by atoms with van der Waals surface area (Å²) in [6, 6.07) is 0. The number of nitrogens with zero attached hydrogens (tertiary/aromatic N) is 6. The Kier molecular flexibility index (Phi) is 9.24. The van der Waals surface area contributed by atoms with Crippen LogP contribution in [0.25, 0.3) is 0 Å². The van der Waals surface area contributed by atoms with Gasteiger partial charge in [-0.2, -0.15) is 41.3 Å². The van der Waals surface area contributed by atoms with Gasteiger partial charge in [-0.3, -0.25) is 0 Å². The molecule has 4 N–H and O–H groups in total. The summed E-state index contributed by atoms with van der Waals surface area (Å²) in [6.07, 6.45) is -7.44. The first-order chi connectivity index (χ1) is 16.5. The SMILES string of the molecule is NCCCN(CCCN)c1nc(N2CCC(C(F)(F)F)CC2)nc(N2CCC(C(F)(F)F)CC2)n1. The van der Waals surface area contributed by atoms with Gasteiger partial charge in [0.25, 0.3) is 0 Å². The fourth-order valence-corrected chi connectivity index (χ4v) is 4.46. The van der Waals surface area contributed by atoms with E-state index in [4.69, 9.17) is 11.5 Å². The number of rotatable bonds is 9. The number of piperidine rings is 2. The van der Waals surface area contributed by atoms with E-state index in [1.54, 1.807) is 9.80 Å². The van der Waals surface area contributed by atoms with Gasteiger partial charge in [0, 0.05) is 39.3 Å². The number of aromatic nitrogens is 3. The molecule has 1 aromatic rings. The molecule has 1 aromatic heterocycles. The minimum Gasteiger partial charge on any atom is -0.341 e. The summed E-state index contributed by atoms with van der Waals surface area (Å²) in [4.78, 5) is 18.9. The van der Waals surface area contributed by atoms with E-state index in [1.807, 2.05) is 4.90 Å². The second-order valence-electron chi connectivity index (χ2n) is 9.11. The molecule has 2 fully saturated rings. The van der Waals surface area contributed by atoms with Crippen LogP contribution in [0.3, 0.4) is 0 Å². The zero-order valence-electron chi connectivity index (χ0n) is 19.7. The third-order valence-corrected chi connectivity index (χ3v) is 6.63. The van der Waals surface area contributed by atoms with E-state index in [-0.39, 0.29) is 63.8 Å². The third kappa shape index (κ3) is 7.45. The summed E-state index contributed by atoms with van der Waals surface area (Å²) < 4.78 is 78.8. The Labute approximate surface area is 201 Å².